The number of carbonyl (C=O) groups is 1. The zero-order chi connectivity index (χ0) is 9.56. The van der Waals surface area contributed by atoms with Gasteiger partial charge in [-0.15, -0.1) is 0 Å². The summed E-state index contributed by atoms with van der Waals surface area (Å²) in [6, 6.07) is 0. The van der Waals surface area contributed by atoms with Gasteiger partial charge in [-0.3, -0.25) is 4.79 Å². The van der Waals surface area contributed by atoms with Crippen LogP contribution < -0.4 is 5.32 Å². The first-order valence-electron chi connectivity index (χ1n) is 4.15. The predicted octanol–water partition coefficient (Wildman–Crippen LogP) is -0.356. The third kappa shape index (κ3) is 7.50. The minimum Gasteiger partial charge on any atom is -0.393 e. The Morgan fingerprint density at radius 3 is 2.33 bits per heavy atom. The second-order valence-electron chi connectivity index (χ2n) is 3.04. The number of hydrogen-bond acceptors (Lipinski definition) is 3. The standard InChI is InChI=1S/C8H17NO3/c1-6(10)3-4-8(12)9-5-7(2)11/h6-7,10-11H,3-5H2,1-2H3,(H,9,12). The van der Waals surface area contributed by atoms with Crippen molar-refractivity contribution >= 4 is 5.91 Å². The van der Waals surface area contributed by atoms with Gasteiger partial charge in [-0.2, -0.15) is 0 Å². The normalized spacial score (nSPS) is 15.3. The molecule has 72 valence electrons. The first kappa shape index (κ1) is 11.4. The second-order valence-corrected chi connectivity index (χ2v) is 3.04. The summed E-state index contributed by atoms with van der Waals surface area (Å²) in [6.07, 6.45) is -0.182. The molecule has 0 bridgehead atoms. The summed E-state index contributed by atoms with van der Waals surface area (Å²) in [5, 5.41) is 20.2. The third-order valence-electron chi connectivity index (χ3n) is 1.38. The largest absolute Gasteiger partial charge is 0.393 e. The quantitative estimate of drug-likeness (QED) is 0.534. The summed E-state index contributed by atoms with van der Waals surface area (Å²) in [5.41, 5.74) is 0. The van der Waals surface area contributed by atoms with Crippen molar-refractivity contribution < 1.29 is 15.0 Å². The molecule has 0 fully saturated rings. The summed E-state index contributed by atoms with van der Waals surface area (Å²) in [5.74, 6) is -0.128. The van der Waals surface area contributed by atoms with Crippen LogP contribution in [0.25, 0.3) is 0 Å². The summed E-state index contributed by atoms with van der Waals surface area (Å²) in [6.45, 7) is 3.52. The smallest absolute Gasteiger partial charge is 0.220 e. The molecule has 0 heterocycles. The fraction of sp³-hybridized carbons (Fsp3) is 0.875. The first-order chi connectivity index (χ1) is 5.52. The Morgan fingerprint density at radius 1 is 1.33 bits per heavy atom. The number of carbonyl (C=O) groups excluding carboxylic acids is 1. The van der Waals surface area contributed by atoms with Crippen molar-refractivity contribution in [3.05, 3.63) is 0 Å². The average molecular weight is 175 g/mol. The van der Waals surface area contributed by atoms with Crippen LogP contribution in [0, 0.1) is 0 Å². The SMILES string of the molecule is CC(O)CCC(=O)NCC(C)O. The molecule has 0 aliphatic heterocycles. The van der Waals surface area contributed by atoms with Crippen LogP contribution in [0.4, 0.5) is 0 Å². The number of aliphatic hydroxyl groups excluding tert-OH is 2. The van der Waals surface area contributed by atoms with Gasteiger partial charge in [-0.25, -0.2) is 0 Å². The highest BCUT2D eigenvalue weighted by Gasteiger charge is 2.04. The lowest BCUT2D eigenvalue weighted by molar-refractivity contribution is -0.122. The Balaban J connectivity index is 3.34. The molecule has 0 aromatic carbocycles. The van der Waals surface area contributed by atoms with Crippen LogP contribution in [0.1, 0.15) is 26.7 Å². The molecule has 0 aromatic rings. The van der Waals surface area contributed by atoms with Crippen LogP contribution >= 0.6 is 0 Å². The van der Waals surface area contributed by atoms with Crippen molar-refractivity contribution in [1.82, 2.24) is 5.32 Å². The van der Waals surface area contributed by atoms with E-state index < -0.39 is 12.2 Å². The molecule has 12 heavy (non-hydrogen) atoms. The molecule has 4 heteroatoms. The van der Waals surface area contributed by atoms with Crippen LogP contribution in [0.3, 0.4) is 0 Å². The molecule has 2 unspecified atom stereocenters. The topological polar surface area (TPSA) is 69.6 Å². The maximum atomic E-state index is 10.9. The van der Waals surface area contributed by atoms with Gasteiger partial charge in [-0.1, -0.05) is 0 Å². The van der Waals surface area contributed by atoms with E-state index in [-0.39, 0.29) is 12.5 Å². The third-order valence-corrected chi connectivity index (χ3v) is 1.38. The van der Waals surface area contributed by atoms with Crippen LogP contribution in [-0.2, 0) is 4.79 Å². The van der Waals surface area contributed by atoms with E-state index in [1.807, 2.05) is 0 Å². The monoisotopic (exact) mass is 175 g/mol. The number of rotatable bonds is 5. The molecule has 4 nitrogen and oxygen atoms in total. The lowest BCUT2D eigenvalue weighted by Gasteiger charge is -2.07. The summed E-state index contributed by atoms with van der Waals surface area (Å²) >= 11 is 0. The van der Waals surface area contributed by atoms with Gasteiger partial charge in [0.15, 0.2) is 0 Å². The Kier molecular flexibility index (Phi) is 5.66. The first-order valence-corrected chi connectivity index (χ1v) is 4.15. The van der Waals surface area contributed by atoms with E-state index in [0.29, 0.717) is 12.8 Å². The van der Waals surface area contributed by atoms with Crippen LogP contribution in [0.5, 0.6) is 0 Å². The summed E-state index contributed by atoms with van der Waals surface area (Å²) in [7, 11) is 0. The van der Waals surface area contributed by atoms with Gasteiger partial charge in [0.25, 0.3) is 0 Å². The zero-order valence-corrected chi connectivity index (χ0v) is 7.58. The van der Waals surface area contributed by atoms with Crippen molar-refractivity contribution in [3.8, 4) is 0 Å². The number of aliphatic hydroxyl groups is 2. The van der Waals surface area contributed by atoms with Crippen molar-refractivity contribution in [3.63, 3.8) is 0 Å². The molecule has 0 saturated carbocycles. The van der Waals surface area contributed by atoms with Gasteiger partial charge in [-0.05, 0) is 20.3 Å². The molecule has 2 atom stereocenters. The highest BCUT2D eigenvalue weighted by molar-refractivity contribution is 5.75. The fourth-order valence-electron chi connectivity index (χ4n) is 0.690. The number of nitrogens with one attached hydrogen (secondary N) is 1. The zero-order valence-electron chi connectivity index (χ0n) is 7.58. The highest BCUT2D eigenvalue weighted by Crippen LogP contribution is 1.94. The Labute approximate surface area is 72.6 Å². The van der Waals surface area contributed by atoms with E-state index in [1.165, 1.54) is 0 Å². The number of amides is 1. The molecule has 1 amide bonds. The molecule has 0 radical (unpaired) electrons. The maximum absolute atomic E-state index is 10.9. The molecular formula is C8H17NO3. The lowest BCUT2D eigenvalue weighted by atomic mass is 10.2. The molecule has 0 rings (SSSR count). The van der Waals surface area contributed by atoms with Crippen molar-refractivity contribution in [2.75, 3.05) is 6.54 Å². The molecule has 0 spiro atoms. The van der Waals surface area contributed by atoms with E-state index in [4.69, 9.17) is 10.2 Å². The van der Waals surface area contributed by atoms with Gasteiger partial charge in [0.05, 0.1) is 12.2 Å². The predicted molar refractivity (Wildman–Crippen MR) is 45.6 cm³/mol. The van der Waals surface area contributed by atoms with E-state index >= 15 is 0 Å². The van der Waals surface area contributed by atoms with Crippen LogP contribution in [0.15, 0.2) is 0 Å². The molecule has 0 aromatic heterocycles. The van der Waals surface area contributed by atoms with Gasteiger partial charge >= 0.3 is 0 Å². The van der Waals surface area contributed by atoms with E-state index in [1.54, 1.807) is 13.8 Å². The maximum Gasteiger partial charge on any atom is 0.220 e. The highest BCUT2D eigenvalue weighted by atomic mass is 16.3. The van der Waals surface area contributed by atoms with E-state index in [2.05, 4.69) is 5.32 Å². The van der Waals surface area contributed by atoms with E-state index in [9.17, 15) is 4.79 Å². The summed E-state index contributed by atoms with van der Waals surface area (Å²) < 4.78 is 0. The number of hydrogen-bond donors (Lipinski definition) is 3. The molecule has 0 aliphatic rings. The van der Waals surface area contributed by atoms with Gasteiger partial charge in [0, 0.05) is 13.0 Å². The molecule has 0 aliphatic carbocycles. The Hall–Kier alpha value is -0.610. The molecule has 3 N–H and O–H groups in total. The Bertz CT molecular complexity index is 120. The van der Waals surface area contributed by atoms with Crippen molar-refractivity contribution in [1.29, 1.82) is 0 Å². The van der Waals surface area contributed by atoms with Crippen molar-refractivity contribution in [2.45, 2.75) is 38.9 Å². The average Bonchev–Trinajstić information content (AvgIpc) is 1.96. The minimum absolute atomic E-state index is 0.128. The van der Waals surface area contributed by atoms with Crippen molar-refractivity contribution in [2.24, 2.45) is 0 Å². The van der Waals surface area contributed by atoms with Crippen LogP contribution in [0.2, 0.25) is 0 Å². The lowest BCUT2D eigenvalue weighted by Crippen LogP contribution is -2.30. The Morgan fingerprint density at radius 2 is 1.92 bits per heavy atom. The minimum atomic E-state index is -0.513. The van der Waals surface area contributed by atoms with Gasteiger partial charge < -0.3 is 15.5 Å². The fourth-order valence-corrected chi connectivity index (χ4v) is 0.690. The van der Waals surface area contributed by atoms with E-state index in [0.717, 1.165) is 0 Å². The second kappa shape index (κ2) is 5.97. The van der Waals surface area contributed by atoms with Gasteiger partial charge in [0.2, 0.25) is 5.91 Å². The molecule has 0 saturated heterocycles. The van der Waals surface area contributed by atoms with Gasteiger partial charge in [0.1, 0.15) is 0 Å². The molecular weight excluding hydrogens is 158 g/mol. The van der Waals surface area contributed by atoms with Crippen LogP contribution in [-0.4, -0.2) is 34.9 Å². The summed E-state index contributed by atoms with van der Waals surface area (Å²) in [4.78, 5) is 10.9.